The van der Waals surface area contributed by atoms with Crippen LogP contribution in [0.15, 0.2) is 30.6 Å². The number of halogens is 1. The Hall–Kier alpha value is -2.04. The van der Waals surface area contributed by atoms with Gasteiger partial charge in [0.2, 0.25) is 0 Å². The Morgan fingerprint density at radius 3 is 2.94 bits per heavy atom. The van der Waals surface area contributed by atoms with Crippen molar-refractivity contribution in [3.8, 4) is 5.75 Å². The standard InChI is InChI=1S/C12H14FN3O/c1-16-8-9(7-15-16)5-6-17-12-10(13)3-2-4-11(12)14/h2-4,7-8H,5-6,14H2,1H3. The van der Waals surface area contributed by atoms with Crippen LogP contribution in [-0.2, 0) is 13.5 Å². The van der Waals surface area contributed by atoms with E-state index in [2.05, 4.69) is 5.10 Å². The molecule has 0 amide bonds. The normalized spacial score (nSPS) is 10.5. The van der Waals surface area contributed by atoms with Crippen LogP contribution < -0.4 is 10.5 Å². The lowest BCUT2D eigenvalue weighted by Crippen LogP contribution is -2.04. The van der Waals surface area contributed by atoms with Gasteiger partial charge in [-0.25, -0.2) is 4.39 Å². The molecule has 1 heterocycles. The molecular formula is C12H14FN3O. The highest BCUT2D eigenvalue weighted by atomic mass is 19.1. The number of rotatable bonds is 4. The van der Waals surface area contributed by atoms with E-state index in [0.717, 1.165) is 5.56 Å². The molecule has 2 aromatic rings. The lowest BCUT2D eigenvalue weighted by Gasteiger charge is -2.08. The van der Waals surface area contributed by atoms with Crippen molar-refractivity contribution in [3.05, 3.63) is 42.0 Å². The largest absolute Gasteiger partial charge is 0.488 e. The maximum absolute atomic E-state index is 13.4. The second kappa shape index (κ2) is 4.86. The first-order chi connectivity index (χ1) is 8.16. The summed E-state index contributed by atoms with van der Waals surface area (Å²) in [6, 6.07) is 4.50. The molecule has 0 aliphatic carbocycles. The summed E-state index contributed by atoms with van der Waals surface area (Å²) >= 11 is 0. The van der Waals surface area contributed by atoms with Gasteiger partial charge in [0, 0.05) is 19.7 Å². The number of nitrogens with zero attached hydrogens (tertiary/aromatic N) is 2. The number of hydrogen-bond acceptors (Lipinski definition) is 3. The highest BCUT2D eigenvalue weighted by Gasteiger charge is 2.07. The van der Waals surface area contributed by atoms with E-state index in [1.54, 1.807) is 23.0 Å². The molecule has 0 spiro atoms. The zero-order chi connectivity index (χ0) is 12.3. The van der Waals surface area contributed by atoms with E-state index >= 15 is 0 Å². The van der Waals surface area contributed by atoms with Crippen LogP contribution in [-0.4, -0.2) is 16.4 Å². The smallest absolute Gasteiger partial charge is 0.177 e. The van der Waals surface area contributed by atoms with Crippen molar-refractivity contribution in [2.24, 2.45) is 7.05 Å². The number of aromatic nitrogens is 2. The molecular weight excluding hydrogens is 221 g/mol. The summed E-state index contributed by atoms with van der Waals surface area (Å²) in [5.74, 6) is -0.312. The molecule has 2 rings (SSSR count). The van der Waals surface area contributed by atoms with E-state index in [9.17, 15) is 4.39 Å². The maximum Gasteiger partial charge on any atom is 0.177 e. The topological polar surface area (TPSA) is 53.1 Å². The van der Waals surface area contributed by atoms with Gasteiger partial charge in [0.15, 0.2) is 11.6 Å². The lowest BCUT2D eigenvalue weighted by atomic mass is 10.2. The number of nitrogen functional groups attached to an aromatic ring is 1. The van der Waals surface area contributed by atoms with Gasteiger partial charge in [-0.1, -0.05) is 6.07 Å². The lowest BCUT2D eigenvalue weighted by molar-refractivity contribution is 0.307. The summed E-state index contributed by atoms with van der Waals surface area (Å²) in [4.78, 5) is 0. The fourth-order valence-electron chi connectivity index (χ4n) is 1.55. The molecule has 4 nitrogen and oxygen atoms in total. The SMILES string of the molecule is Cn1cc(CCOc2c(N)cccc2F)cn1. The zero-order valence-electron chi connectivity index (χ0n) is 9.56. The van der Waals surface area contributed by atoms with Gasteiger partial charge in [0.05, 0.1) is 18.5 Å². The Kier molecular flexibility index (Phi) is 3.27. The predicted octanol–water partition coefficient (Wildman–Crippen LogP) is 1.76. The fourth-order valence-corrected chi connectivity index (χ4v) is 1.55. The summed E-state index contributed by atoms with van der Waals surface area (Å²) in [5.41, 5.74) is 6.98. The van der Waals surface area contributed by atoms with Crippen LogP contribution >= 0.6 is 0 Å². The minimum absolute atomic E-state index is 0.122. The van der Waals surface area contributed by atoms with Crippen LogP contribution in [0.1, 0.15) is 5.56 Å². The van der Waals surface area contributed by atoms with E-state index in [4.69, 9.17) is 10.5 Å². The summed E-state index contributed by atoms with van der Waals surface area (Å²) < 4.78 is 20.4. The third-order valence-corrected chi connectivity index (χ3v) is 2.39. The van der Waals surface area contributed by atoms with Crippen molar-refractivity contribution in [1.82, 2.24) is 9.78 Å². The molecule has 0 atom stereocenters. The maximum atomic E-state index is 13.4. The van der Waals surface area contributed by atoms with Crippen LogP contribution in [0.5, 0.6) is 5.75 Å². The number of ether oxygens (including phenoxy) is 1. The van der Waals surface area contributed by atoms with E-state index < -0.39 is 5.82 Å². The minimum atomic E-state index is -0.434. The second-order valence-electron chi connectivity index (χ2n) is 3.78. The van der Waals surface area contributed by atoms with E-state index in [0.29, 0.717) is 18.7 Å². The highest BCUT2D eigenvalue weighted by molar-refractivity contribution is 5.52. The quantitative estimate of drug-likeness (QED) is 0.821. The molecule has 0 fully saturated rings. The molecule has 0 aliphatic heterocycles. The average molecular weight is 235 g/mol. The third kappa shape index (κ3) is 2.75. The van der Waals surface area contributed by atoms with Gasteiger partial charge in [-0.3, -0.25) is 4.68 Å². The predicted molar refractivity (Wildman–Crippen MR) is 63.2 cm³/mol. The van der Waals surface area contributed by atoms with Crippen LogP contribution in [0.4, 0.5) is 10.1 Å². The number of aryl methyl sites for hydroxylation is 1. The molecule has 5 heteroatoms. The Morgan fingerprint density at radius 1 is 1.47 bits per heavy atom. The monoisotopic (exact) mass is 235 g/mol. The highest BCUT2D eigenvalue weighted by Crippen LogP contribution is 2.24. The van der Waals surface area contributed by atoms with Gasteiger partial charge >= 0.3 is 0 Å². The molecule has 0 bridgehead atoms. The van der Waals surface area contributed by atoms with E-state index in [1.165, 1.54) is 6.07 Å². The second-order valence-corrected chi connectivity index (χ2v) is 3.78. The Labute approximate surface area is 98.8 Å². The number of hydrogen-bond donors (Lipinski definition) is 1. The fraction of sp³-hybridized carbons (Fsp3) is 0.250. The van der Waals surface area contributed by atoms with Gasteiger partial charge in [0.1, 0.15) is 0 Å². The zero-order valence-corrected chi connectivity index (χ0v) is 9.56. The molecule has 17 heavy (non-hydrogen) atoms. The summed E-state index contributed by atoms with van der Waals surface area (Å²) in [5, 5.41) is 4.04. The van der Waals surface area contributed by atoms with Gasteiger partial charge < -0.3 is 10.5 Å². The summed E-state index contributed by atoms with van der Waals surface area (Å²) in [6.07, 6.45) is 4.32. The van der Waals surface area contributed by atoms with Gasteiger partial charge in [-0.15, -0.1) is 0 Å². The first-order valence-corrected chi connectivity index (χ1v) is 5.31. The average Bonchev–Trinajstić information content (AvgIpc) is 2.69. The summed E-state index contributed by atoms with van der Waals surface area (Å²) in [6.45, 7) is 0.372. The van der Waals surface area contributed by atoms with Crippen molar-refractivity contribution >= 4 is 5.69 Å². The Morgan fingerprint density at radius 2 is 2.29 bits per heavy atom. The van der Waals surface area contributed by atoms with Crippen LogP contribution in [0.2, 0.25) is 0 Å². The molecule has 90 valence electrons. The molecule has 0 saturated heterocycles. The van der Waals surface area contributed by atoms with Gasteiger partial charge in [-0.05, 0) is 17.7 Å². The van der Waals surface area contributed by atoms with Crippen molar-refractivity contribution < 1.29 is 9.13 Å². The van der Waals surface area contributed by atoms with Crippen molar-refractivity contribution in [2.75, 3.05) is 12.3 Å². The number of para-hydroxylation sites is 1. The van der Waals surface area contributed by atoms with Gasteiger partial charge in [0.25, 0.3) is 0 Å². The van der Waals surface area contributed by atoms with Crippen molar-refractivity contribution in [2.45, 2.75) is 6.42 Å². The molecule has 0 saturated carbocycles. The van der Waals surface area contributed by atoms with Crippen LogP contribution in [0.3, 0.4) is 0 Å². The third-order valence-electron chi connectivity index (χ3n) is 2.39. The van der Waals surface area contributed by atoms with Crippen LogP contribution in [0, 0.1) is 5.82 Å². The van der Waals surface area contributed by atoms with E-state index in [1.807, 2.05) is 13.2 Å². The molecule has 1 aromatic carbocycles. The van der Waals surface area contributed by atoms with Crippen LogP contribution in [0.25, 0.3) is 0 Å². The first kappa shape index (κ1) is 11.4. The van der Waals surface area contributed by atoms with Crippen molar-refractivity contribution in [1.29, 1.82) is 0 Å². The van der Waals surface area contributed by atoms with Crippen molar-refractivity contribution in [3.63, 3.8) is 0 Å². The molecule has 2 N–H and O–H groups in total. The van der Waals surface area contributed by atoms with Gasteiger partial charge in [-0.2, -0.15) is 5.10 Å². The van der Waals surface area contributed by atoms with E-state index in [-0.39, 0.29) is 5.75 Å². The first-order valence-electron chi connectivity index (χ1n) is 5.31. The Balaban J connectivity index is 1.94. The number of benzene rings is 1. The minimum Gasteiger partial charge on any atom is -0.488 e. The molecule has 0 aliphatic rings. The molecule has 0 unspecified atom stereocenters. The summed E-state index contributed by atoms with van der Waals surface area (Å²) in [7, 11) is 1.85. The Bertz CT molecular complexity index is 490. The molecule has 0 radical (unpaired) electrons. The molecule has 1 aromatic heterocycles. The number of nitrogens with two attached hydrogens (primary N) is 1. The number of anilines is 1.